The highest BCUT2D eigenvalue weighted by Crippen LogP contribution is 2.28. The molecule has 1 aliphatic heterocycles. The zero-order chi connectivity index (χ0) is 20.0. The molecule has 3 heterocycles. The van der Waals surface area contributed by atoms with Crippen molar-refractivity contribution < 1.29 is 4.79 Å². The smallest absolute Gasteiger partial charge is 0.261 e. The Balaban J connectivity index is 1.36. The van der Waals surface area contributed by atoms with E-state index in [0.29, 0.717) is 24.0 Å². The van der Waals surface area contributed by atoms with Gasteiger partial charge >= 0.3 is 0 Å². The van der Waals surface area contributed by atoms with E-state index in [4.69, 9.17) is 0 Å². The van der Waals surface area contributed by atoms with E-state index in [2.05, 4.69) is 20.6 Å². The monoisotopic (exact) mass is 387 g/mol. The van der Waals surface area contributed by atoms with Gasteiger partial charge in [-0.3, -0.25) is 14.2 Å². The maximum Gasteiger partial charge on any atom is 0.261 e. The van der Waals surface area contributed by atoms with Crippen LogP contribution in [0.15, 0.2) is 59.7 Å². The van der Waals surface area contributed by atoms with Crippen LogP contribution in [0.3, 0.4) is 0 Å². The van der Waals surface area contributed by atoms with Gasteiger partial charge in [-0.05, 0) is 37.6 Å². The standard InChI is InChI=1S/C22H21N5O2/c1-15-24-19-8-4-5-9-20(19)27(15)16-10-11-25(12-16)21(28)13-26-14-23-18-7-3-2-6-17(18)22(26)29/h2-9,14,16H,10-13H2,1H3/t16-/m1/s1. The fourth-order valence-electron chi connectivity index (χ4n) is 4.27. The number of fused-ring (bicyclic) bond motifs is 2. The van der Waals surface area contributed by atoms with Crippen molar-refractivity contribution in [3.8, 4) is 0 Å². The van der Waals surface area contributed by atoms with Crippen molar-refractivity contribution in [2.45, 2.75) is 25.9 Å². The predicted molar refractivity (Wildman–Crippen MR) is 111 cm³/mol. The van der Waals surface area contributed by atoms with Crippen molar-refractivity contribution in [3.05, 3.63) is 71.0 Å². The van der Waals surface area contributed by atoms with E-state index >= 15 is 0 Å². The van der Waals surface area contributed by atoms with E-state index in [1.165, 1.54) is 10.9 Å². The highest BCUT2D eigenvalue weighted by molar-refractivity contribution is 5.79. The van der Waals surface area contributed by atoms with E-state index in [9.17, 15) is 9.59 Å². The maximum absolute atomic E-state index is 12.9. The molecule has 4 aromatic rings. The molecule has 0 unspecified atom stereocenters. The minimum atomic E-state index is -0.184. The minimum absolute atomic E-state index is 0.00699. The number of benzene rings is 2. The zero-order valence-corrected chi connectivity index (χ0v) is 16.2. The molecule has 1 aliphatic rings. The normalized spacial score (nSPS) is 16.7. The molecule has 7 heteroatoms. The SMILES string of the molecule is Cc1nc2ccccc2n1[C@@H]1CCN(C(=O)Cn2cnc3ccccc3c2=O)C1. The summed E-state index contributed by atoms with van der Waals surface area (Å²) in [5.74, 6) is 0.897. The van der Waals surface area contributed by atoms with Gasteiger partial charge in [0, 0.05) is 13.1 Å². The van der Waals surface area contributed by atoms with Crippen LogP contribution in [-0.4, -0.2) is 43.0 Å². The Morgan fingerprint density at radius 1 is 1.10 bits per heavy atom. The van der Waals surface area contributed by atoms with Crippen LogP contribution in [0.5, 0.6) is 0 Å². The van der Waals surface area contributed by atoms with Crippen molar-refractivity contribution in [1.29, 1.82) is 0 Å². The van der Waals surface area contributed by atoms with Crippen molar-refractivity contribution in [3.63, 3.8) is 0 Å². The van der Waals surface area contributed by atoms with Crippen LogP contribution >= 0.6 is 0 Å². The lowest BCUT2D eigenvalue weighted by Gasteiger charge is -2.19. The van der Waals surface area contributed by atoms with Crippen LogP contribution in [0, 0.1) is 6.92 Å². The number of rotatable bonds is 3. The third-order valence-electron chi connectivity index (χ3n) is 5.69. The van der Waals surface area contributed by atoms with Crippen molar-refractivity contribution in [1.82, 2.24) is 24.0 Å². The Bertz CT molecular complexity index is 1290. The summed E-state index contributed by atoms with van der Waals surface area (Å²) in [6.07, 6.45) is 2.33. The average Bonchev–Trinajstić information content (AvgIpc) is 3.33. The number of likely N-dealkylation sites (tertiary alicyclic amines) is 1. The molecule has 2 aromatic carbocycles. The van der Waals surface area contributed by atoms with E-state index in [1.807, 2.05) is 36.1 Å². The van der Waals surface area contributed by atoms with Gasteiger partial charge in [0.1, 0.15) is 12.4 Å². The molecule has 1 atom stereocenters. The summed E-state index contributed by atoms with van der Waals surface area (Å²) in [5, 5.41) is 0.530. The summed E-state index contributed by atoms with van der Waals surface area (Å²) in [4.78, 5) is 36.3. The van der Waals surface area contributed by atoms with Gasteiger partial charge in [-0.2, -0.15) is 0 Å². The number of para-hydroxylation sites is 3. The summed E-state index contributed by atoms with van der Waals surface area (Å²) in [7, 11) is 0. The molecule has 0 bridgehead atoms. The summed E-state index contributed by atoms with van der Waals surface area (Å²) in [6, 6.07) is 15.5. The first-order valence-corrected chi connectivity index (χ1v) is 9.77. The van der Waals surface area contributed by atoms with E-state index in [0.717, 1.165) is 23.3 Å². The van der Waals surface area contributed by atoms with Gasteiger partial charge in [0.15, 0.2) is 0 Å². The third-order valence-corrected chi connectivity index (χ3v) is 5.69. The van der Waals surface area contributed by atoms with Crippen LogP contribution in [0.4, 0.5) is 0 Å². The molecule has 0 N–H and O–H groups in total. The molecule has 7 nitrogen and oxygen atoms in total. The number of nitrogens with zero attached hydrogens (tertiary/aromatic N) is 5. The van der Waals surface area contributed by atoms with Crippen LogP contribution in [0.2, 0.25) is 0 Å². The molecule has 2 aromatic heterocycles. The molecule has 29 heavy (non-hydrogen) atoms. The molecule has 1 saturated heterocycles. The zero-order valence-electron chi connectivity index (χ0n) is 16.2. The predicted octanol–water partition coefficient (Wildman–Crippen LogP) is 2.53. The molecule has 146 valence electrons. The van der Waals surface area contributed by atoms with Crippen molar-refractivity contribution >= 4 is 27.8 Å². The minimum Gasteiger partial charge on any atom is -0.339 e. The Hall–Kier alpha value is -3.48. The molecule has 0 spiro atoms. The second kappa shape index (κ2) is 6.84. The van der Waals surface area contributed by atoms with Gasteiger partial charge in [-0.1, -0.05) is 24.3 Å². The second-order valence-electron chi connectivity index (χ2n) is 7.49. The number of hydrogen-bond acceptors (Lipinski definition) is 4. The number of carbonyl (C=O) groups excluding carboxylic acids is 1. The van der Waals surface area contributed by atoms with Gasteiger partial charge in [0.2, 0.25) is 5.91 Å². The van der Waals surface area contributed by atoms with E-state index < -0.39 is 0 Å². The van der Waals surface area contributed by atoms with Gasteiger partial charge < -0.3 is 9.47 Å². The maximum atomic E-state index is 12.9. The first-order valence-electron chi connectivity index (χ1n) is 9.77. The Morgan fingerprint density at radius 2 is 1.86 bits per heavy atom. The first-order chi connectivity index (χ1) is 14.1. The largest absolute Gasteiger partial charge is 0.339 e. The van der Waals surface area contributed by atoms with Crippen LogP contribution in [-0.2, 0) is 11.3 Å². The number of aryl methyl sites for hydroxylation is 1. The Labute approximate surface area is 167 Å². The molecule has 0 radical (unpaired) electrons. The van der Waals surface area contributed by atoms with Gasteiger partial charge in [0.05, 0.1) is 34.3 Å². The molecule has 0 aliphatic carbocycles. The fraction of sp³-hybridized carbons (Fsp3) is 0.273. The topological polar surface area (TPSA) is 73.0 Å². The summed E-state index contributed by atoms with van der Waals surface area (Å²) < 4.78 is 3.63. The third kappa shape index (κ3) is 2.99. The van der Waals surface area contributed by atoms with Gasteiger partial charge in [-0.25, -0.2) is 9.97 Å². The number of aromatic nitrogens is 4. The lowest BCUT2D eigenvalue weighted by atomic mass is 10.2. The molecule has 1 amide bonds. The number of hydrogen-bond donors (Lipinski definition) is 0. The molecule has 1 fully saturated rings. The summed E-state index contributed by atoms with van der Waals surface area (Å²) >= 11 is 0. The van der Waals surface area contributed by atoms with Crippen LogP contribution in [0.1, 0.15) is 18.3 Å². The molecule has 0 saturated carbocycles. The average molecular weight is 387 g/mol. The van der Waals surface area contributed by atoms with Crippen molar-refractivity contribution in [2.24, 2.45) is 0 Å². The highest BCUT2D eigenvalue weighted by Gasteiger charge is 2.29. The van der Waals surface area contributed by atoms with Crippen LogP contribution in [0.25, 0.3) is 21.9 Å². The van der Waals surface area contributed by atoms with Gasteiger partial charge in [-0.15, -0.1) is 0 Å². The van der Waals surface area contributed by atoms with Crippen molar-refractivity contribution in [2.75, 3.05) is 13.1 Å². The van der Waals surface area contributed by atoms with E-state index in [-0.39, 0.29) is 24.1 Å². The molecular weight excluding hydrogens is 366 g/mol. The van der Waals surface area contributed by atoms with E-state index in [1.54, 1.807) is 18.2 Å². The lowest BCUT2D eigenvalue weighted by molar-refractivity contribution is -0.130. The molecule has 5 rings (SSSR count). The summed E-state index contributed by atoms with van der Waals surface area (Å²) in [5.41, 5.74) is 2.53. The number of carbonyl (C=O) groups is 1. The van der Waals surface area contributed by atoms with Gasteiger partial charge in [0.25, 0.3) is 5.56 Å². The number of amides is 1. The second-order valence-corrected chi connectivity index (χ2v) is 7.49. The molecular formula is C22H21N5O2. The van der Waals surface area contributed by atoms with Crippen LogP contribution < -0.4 is 5.56 Å². The first kappa shape index (κ1) is 17.6. The highest BCUT2D eigenvalue weighted by atomic mass is 16.2. The lowest BCUT2D eigenvalue weighted by Crippen LogP contribution is -2.35. The fourth-order valence-corrected chi connectivity index (χ4v) is 4.27. The Morgan fingerprint density at radius 3 is 2.72 bits per heavy atom. The summed E-state index contributed by atoms with van der Waals surface area (Å²) in [6.45, 7) is 3.30. The Kier molecular flexibility index (Phi) is 4.16. The number of imidazole rings is 1. The quantitative estimate of drug-likeness (QED) is 0.542.